The molecule has 1 aromatic carbocycles. The largest absolute Gasteiger partial charge is 0.387 e. The molecule has 0 spiro atoms. The van der Waals surface area contributed by atoms with E-state index >= 15 is 0 Å². The molecule has 3 N–H and O–H groups in total. The minimum atomic E-state index is 0. The van der Waals surface area contributed by atoms with Crippen molar-refractivity contribution in [2.45, 2.75) is 6.42 Å². The summed E-state index contributed by atoms with van der Waals surface area (Å²) in [6.45, 7) is 0. The van der Waals surface area contributed by atoms with Crippen molar-refractivity contribution in [3.8, 4) is 0 Å². The highest BCUT2D eigenvalue weighted by Gasteiger charge is 2.04. The van der Waals surface area contributed by atoms with Crippen molar-refractivity contribution in [1.29, 1.82) is 5.41 Å². The van der Waals surface area contributed by atoms with Crippen LogP contribution < -0.4 is 5.73 Å². The molecule has 0 amide bonds. The van der Waals surface area contributed by atoms with Crippen molar-refractivity contribution in [3.63, 3.8) is 0 Å². The van der Waals surface area contributed by atoms with Crippen molar-refractivity contribution < 1.29 is 0 Å². The van der Waals surface area contributed by atoms with Crippen LogP contribution >= 0.6 is 35.6 Å². The van der Waals surface area contributed by atoms with Gasteiger partial charge in [0.15, 0.2) is 0 Å². The van der Waals surface area contributed by atoms with Gasteiger partial charge in [-0.3, -0.25) is 5.41 Å². The molecule has 0 aliphatic rings. The number of halogens is 3. The van der Waals surface area contributed by atoms with Crippen molar-refractivity contribution in [3.05, 3.63) is 33.8 Å². The van der Waals surface area contributed by atoms with Crippen molar-refractivity contribution in [2.75, 3.05) is 0 Å². The zero-order chi connectivity index (χ0) is 9.14. The van der Waals surface area contributed by atoms with E-state index in [0.29, 0.717) is 16.5 Å². The molecular weight excluding hydrogens is 230 g/mol. The molecular formula is C8H9Cl3N2. The van der Waals surface area contributed by atoms with Crippen LogP contribution in [-0.4, -0.2) is 5.84 Å². The molecule has 0 bridgehead atoms. The Morgan fingerprint density at radius 3 is 2.54 bits per heavy atom. The topological polar surface area (TPSA) is 49.9 Å². The maximum Gasteiger partial charge on any atom is 0.0950 e. The molecule has 13 heavy (non-hydrogen) atoms. The predicted octanol–water partition coefficient (Wildman–Crippen LogP) is 2.89. The lowest BCUT2D eigenvalue weighted by Crippen LogP contribution is -2.12. The summed E-state index contributed by atoms with van der Waals surface area (Å²) in [6, 6.07) is 5.29. The number of rotatable bonds is 2. The molecule has 1 rings (SSSR count). The van der Waals surface area contributed by atoms with E-state index in [4.69, 9.17) is 34.3 Å². The maximum absolute atomic E-state index is 7.07. The number of nitrogens with one attached hydrogen (secondary N) is 1. The Balaban J connectivity index is 0.00000144. The van der Waals surface area contributed by atoms with E-state index in [1.807, 2.05) is 0 Å². The van der Waals surface area contributed by atoms with Crippen LogP contribution in [0.1, 0.15) is 5.56 Å². The van der Waals surface area contributed by atoms with Gasteiger partial charge < -0.3 is 5.73 Å². The molecule has 0 radical (unpaired) electrons. The third-order valence-electron chi connectivity index (χ3n) is 1.41. The highest BCUT2D eigenvalue weighted by atomic mass is 35.5. The summed E-state index contributed by atoms with van der Waals surface area (Å²) in [5, 5.41) is 8.05. The van der Waals surface area contributed by atoms with Crippen LogP contribution in [0.2, 0.25) is 10.0 Å². The van der Waals surface area contributed by atoms with Gasteiger partial charge in [-0.2, -0.15) is 0 Å². The van der Waals surface area contributed by atoms with Crippen LogP contribution in [0.3, 0.4) is 0 Å². The van der Waals surface area contributed by atoms with Gasteiger partial charge in [-0.25, -0.2) is 0 Å². The molecule has 1 aromatic rings. The van der Waals surface area contributed by atoms with E-state index in [0.717, 1.165) is 5.56 Å². The summed E-state index contributed by atoms with van der Waals surface area (Å²) in [7, 11) is 0. The third-order valence-corrected chi connectivity index (χ3v) is 2.27. The van der Waals surface area contributed by atoms with Crippen LogP contribution in [0, 0.1) is 5.41 Å². The molecule has 2 nitrogen and oxygen atoms in total. The summed E-state index contributed by atoms with van der Waals surface area (Å²) in [5.41, 5.74) is 6.01. The SMILES string of the molecule is Cl.N=C(N)Cc1cccc(Cl)c1Cl. The van der Waals surface area contributed by atoms with Gasteiger partial charge in [0.25, 0.3) is 0 Å². The lowest BCUT2D eigenvalue weighted by Gasteiger charge is -2.03. The first-order valence-electron chi connectivity index (χ1n) is 3.37. The fourth-order valence-electron chi connectivity index (χ4n) is 0.890. The van der Waals surface area contributed by atoms with Crippen LogP contribution in [0.25, 0.3) is 0 Å². The number of nitrogens with two attached hydrogens (primary N) is 1. The van der Waals surface area contributed by atoms with E-state index in [9.17, 15) is 0 Å². The quantitative estimate of drug-likeness (QED) is 0.605. The number of hydrogen-bond donors (Lipinski definition) is 2. The number of amidine groups is 1. The first-order chi connectivity index (χ1) is 5.61. The lowest BCUT2D eigenvalue weighted by atomic mass is 10.1. The van der Waals surface area contributed by atoms with Crippen molar-refractivity contribution in [2.24, 2.45) is 5.73 Å². The third kappa shape index (κ3) is 3.43. The standard InChI is InChI=1S/C8H8Cl2N2.ClH/c9-6-3-1-2-5(8(6)10)4-7(11)12;/h1-3H,4H2,(H3,11,12);1H. The maximum atomic E-state index is 7.07. The number of hydrogen-bond acceptors (Lipinski definition) is 1. The molecule has 0 saturated heterocycles. The van der Waals surface area contributed by atoms with Gasteiger partial charge in [-0.15, -0.1) is 12.4 Å². The van der Waals surface area contributed by atoms with Crippen LogP contribution in [0.4, 0.5) is 0 Å². The average molecular weight is 240 g/mol. The first kappa shape index (κ1) is 12.6. The van der Waals surface area contributed by atoms with Gasteiger partial charge in [0, 0.05) is 6.42 Å². The monoisotopic (exact) mass is 238 g/mol. The Morgan fingerprint density at radius 1 is 1.38 bits per heavy atom. The molecule has 0 fully saturated rings. The van der Waals surface area contributed by atoms with Crippen molar-refractivity contribution in [1.82, 2.24) is 0 Å². The van der Waals surface area contributed by atoms with Crippen LogP contribution in [-0.2, 0) is 6.42 Å². The zero-order valence-corrected chi connectivity index (χ0v) is 9.01. The molecule has 0 aromatic heterocycles. The molecule has 0 atom stereocenters. The Bertz CT molecular complexity index is 312. The average Bonchev–Trinajstić information content (AvgIpc) is 1.98. The van der Waals surface area contributed by atoms with Crippen LogP contribution in [0.15, 0.2) is 18.2 Å². The van der Waals surface area contributed by atoms with E-state index in [-0.39, 0.29) is 18.2 Å². The van der Waals surface area contributed by atoms with Crippen LogP contribution in [0.5, 0.6) is 0 Å². The molecule has 0 unspecified atom stereocenters. The van der Waals surface area contributed by atoms with E-state index in [1.54, 1.807) is 18.2 Å². The summed E-state index contributed by atoms with van der Waals surface area (Å²) in [4.78, 5) is 0. The minimum Gasteiger partial charge on any atom is -0.387 e. The Morgan fingerprint density at radius 2 is 2.00 bits per heavy atom. The van der Waals surface area contributed by atoms with E-state index in [2.05, 4.69) is 0 Å². The first-order valence-corrected chi connectivity index (χ1v) is 4.12. The van der Waals surface area contributed by atoms with Gasteiger partial charge >= 0.3 is 0 Å². The van der Waals surface area contributed by atoms with E-state index < -0.39 is 0 Å². The Labute approximate surface area is 92.9 Å². The molecule has 5 heteroatoms. The van der Waals surface area contributed by atoms with Crippen molar-refractivity contribution >= 4 is 41.4 Å². The van der Waals surface area contributed by atoms with Gasteiger partial charge in [0.2, 0.25) is 0 Å². The summed E-state index contributed by atoms with van der Waals surface area (Å²) in [5.74, 6) is 0.0826. The van der Waals surface area contributed by atoms with Gasteiger partial charge in [-0.05, 0) is 11.6 Å². The van der Waals surface area contributed by atoms with E-state index in [1.165, 1.54) is 0 Å². The number of benzene rings is 1. The Kier molecular flexibility index (Phi) is 5.14. The molecule has 0 aliphatic heterocycles. The summed E-state index contributed by atoms with van der Waals surface area (Å²) < 4.78 is 0. The highest BCUT2D eigenvalue weighted by molar-refractivity contribution is 6.42. The predicted molar refractivity (Wildman–Crippen MR) is 59.3 cm³/mol. The minimum absolute atomic E-state index is 0. The highest BCUT2D eigenvalue weighted by Crippen LogP contribution is 2.25. The summed E-state index contributed by atoms with van der Waals surface area (Å²) in [6.07, 6.45) is 0.347. The molecule has 0 saturated carbocycles. The van der Waals surface area contributed by atoms with Gasteiger partial charge in [-0.1, -0.05) is 35.3 Å². The summed E-state index contributed by atoms with van der Waals surface area (Å²) >= 11 is 11.6. The fourth-order valence-corrected chi connectivity index (χ4v) is 1.28. The second-order valence-electron chi connectivity index (χ2n) is 2.41. The normalized spacial score (nSPS) is 9.08. The fraction of sp³-hybridized carbons (Fsp3) is 0.125. The molecule has 0 aliphatic carbocycles. The Hall–Kier alpha value is -0.440. The molecule has 72 valence electrons. The van der Waals surface area contributed by atoms with Gasteiger partial charge in [0.1, 0.15) is 0 Å². The lowest BCUT2D eigenvalue weighted by molar-refractivity contribution is 1.25. The zero-order valence-electron chi connectivity index (χ0n) is 6.68. The second kappa shape index (κ2) is 5.32. The molecule has 0 heterocycles. The second-order valence-corrected chi connectivity index (χ2v) is 3.20. The smallest absolute Gasteiger partial charge is 0.0950 e. The van der Waals surface area contributed by atoms with Gasteiger partial charge in [0.05, 0.1) is 15.9 Å².